The number of benzene rings is 2. The van der Waals surface area contributed by atoms with Crippen molar-refractivity contribution < 1.29 is 22.7 Å². The number of carbonyl (C=O) groups excluding carboxylic acids is 1. The third-order valence-electron chi connectivity index (χ3n) is 3.77. The molecule has 0 saturated heterocycles. The molecule has 4 nitrogen and oxygen atoms in total. The average Bonchev–Trinajstić information content (AvgIpc) is 2.61. The quantitative estimate of drug-likeness (QED) is 0.809. The van der Waals surface area contributed by atoms with Gasteiger partial charge in [-0.3, -0.25) is 4.79 Å². The van der Waals surface area contributed by atoms with Gasteiger partial charge in [0.2, 0.25) is 5.91 Å². The molecule has 0 heterocycles. The van der Waals surface area contributed by atoms with Crippen LogP contribution in [0.2, 0.25) is 0 Å². The van der Waals surface area contributed by atoms with E-state index in [4.69, 9.17) is 10.00 Å². The van der Waals surface area contributed by atoms with Gasteiger partial charge in [-0.25, -0.2) is 13.2 Å². The molecule has 0 aromatic heterocycles. The number of carbonyl (C=O) groups is 1. The molecule has 1 atom stereocenters. The van der Waals surface area contributed by atoms with Gasteiger partial charge in [0.15, 0.2) is 0 Å². The van der Waals surface area contributed by atoms with E-state index in [1.54, 1.807) is 6.07 Å². The summed E-state index contributed by atoms with van der Waals surface area (Å²) in [6.07, 6.45) is -3.07. The van der Waals surface area contributed by atoms with Gasteiger partial charge >= 0.3 is 0 Å². The lowest BCUT2D eigenvalue weighted by Crippen LogP contribution is -2.19. The predicted molar refractivity (Wildman–Crippen MR) is 90.8 cm³/mol. The van der Waals surface area contributed by atoms with Crippen molar-refractivity contribution in [2.24, 2.45) is 0 Å². The summed E-state index contributed by atoms with van der Waals surface area (Å²) in [6, 6.07) is 10.9. The lowest BCUT2D eigenvalue weighted by Gasteiger charge is -2.21. The number of anilines is 1. The molecular formula is C19H17F3N2O2. The van der Waals surface area contributed by atoms with Gasteiger partial charge in [-0.2, -0.15) is 5.26 Å². The molecule has 0 radical (unpaired) electrons. The number of rotatable bonds is 6. The molecular weight excluding hydrogens is 345 g/mol. The Bertz CT molecular complexity index is 830. The van der Waals surface area contributed by atoms with Crippen molar-refractivity contribution in [1.29, 1.82) is 5.26 Å². The van der Waals surface area contributed by atoms with E-state index >= 15 is 0 Å². The highest BCUT2D eigenvalue weighted by Crippen LogP contribution is 2.41. The van der Waals surface area contributed by atoms with E-state index < -0.39 is 30.0 Å². The minimum absolute atomic E-state index is 0.0852. The molecule has 7 heteroatoms. The zero-order chi connectivity index (χ0) is 19.3. The first-order chi connectivity index (χ1) is 12.3. The number of nitriles is 1. The molecule has 2 aromatic carbocycles. The Morgan fingerprint density at radius 1 is 1.27 bits per heavy atom. The summed E-state index contributed by atoms with van der Waals surface area (Å²) in [5.41, 5.74) is -0.693. The summed E-state index contributed by atoms with van der Waals surface area (Å²) in [6.45, 7) is 1.23. The molecule has 0 fully saturated rings. The number of halogens is 3. The molecule has 136 valence electrons. The number of methoxy groups -OCH3 is 1. The summed E-state index contributed by atoms with van der Waals surface area (Å²) in [4.78, 5) is 11.1. The highest BCUT2D eigenvalue weighted by atomic mass is 19.3. The maximum Gasteiger partial charge on any atom is 0.277 e. The molecule has 0 aliphatic rings. The number of nitrogens with one attached hydrogen (secondary N) is 1. The van der Waals surface area contributed by atoms with Crippen LogP contribution in [0.5, 0.6) is 5.75 Å². The zero-order valence-corrected chi connectivity index (χ0v) is 14.2. The van der Waals surface area contributed by atoms with Crippen LogP contribution in [0.15, 0.2) is 42.5 Å². The maximum atomic E-state index is 14.7. The van der Waals surface area contributed by atoms with Crippen LogP contribution >= 0.6 is 0 Å². The molecule has 0 aliphatic carbocycles. The highest BCUT2D eigenvalue weighted by Gasteiger charge is 2.38. The van der Waals surface area contributed by atoms with Crippen molar-refractivity contribution in [3.63, 3.8) is 0 Å². The first kappa shape index (κ1) is 19.3. The number of hydrogen-bond donors (Lipinski definition) is 1. The largest absolute Gasteiger partial charge is 0.497 e. The number of amides is 1. The normalized spacial score (nSPS) is 12.2. The lowest BCUT2D eigenvalue weighted by atomic mass is 9.95. The molecule has 2 aromatic rings. The van der Waals surface area contributed by atoms with Gasteiger partial charge in [0.05, 0.1) is 25.2 Å². The fourth-order valence-electron chi connectivity index (χ4n) is 2.49. The van der Waals surface area contributed by atoms with Gasteiger partial charge in [-0.05, 0) is 35.9 Å². The van der Waals surface area contributed by atoms with E-state index in [9.17, 15) is 18.0 Å². The Balaban J connectivity index is 2.29. The van der Waals surface area contributed by atoms with E-state index in [0.29, 0.717) is 5.75 Å². The van der Waals surface area contributed by atoms with Crippen molar-refractivity contribution in [3.8, 4) is 11.8 Å². The summed E-state index contributed by atoms with van der Waals surface area (Å²) in [7, 11) is 1.45. The van der Waals surface area contributed by atoms with E-state index in [1.165, 1.54) is 50.4 Å². The number of hydrogen-bond acceptors (Lipinski definition) is 3. The van der Waals surface area contributed by atoms with Crippen molar-refractivity contribution >= 4 is 11.6 Å². The van der Waals surface area contributed by atoms with E-state index in [2.05, 4.69) is 5.32 Å². The average molecular weight is 362 g/mol. The summed E-state index contributed by atoms with van der Waals surface area (Å²) < 4.78 is 48.7. The minimum atomic E-state index is -3.60. The fourth-order valence-corrected chi connectivity index (χ4v) is 2.49. The second kappa shape index (κ2) is 7.91. The number of nitrogens with zero attached hydrogens (tertiary/aromatic N) is 1. The van der Waals surface area contributed by atoms with Crippen LogP contribution in [0.3, 0.4) is 0 Å². The Morgan fingerprint density at radius 3 is 2.46 bits per heavy atom. The second-order valence-corrected chi connectivity index (χ2v) is 5.70. The monoisotopic (exact) mass is 362 g/mol. The summed E-state index contributed by atoms with van der Waals surface area (Å²) in [5, 5.41) is 11.5. The van der Waals surface area contributed by atoms with Crippen molar-refractivity contribution in [1.82, 2.24) is 0 Å². The van der Waals surface area contributed by atoms with Crippen LogP contribution in [0.1, 0.15) is 36.2 Å². The molecule has 1 unspecified atom stereocenters. The van der Waals surface area contributed by atoms with Crippen molar-refractivity contribution in [3.05, 3.63) is 59.2 Å². The minimum Gasteiger partial charge on any atom is -0.497 e. The molecule has 0 aliphatic heterocycles. The van der Waals surface area contributed by atoms with Gasteiger partial charge in [-0.15, -0.1) is 0 Å². The summed E-state index contributed by atoms with van der Waals surface area (Å²) >= 11 is 0. The molecule has 0 saturated carbocycles. The molecule has 26 heavy (non-hydrogen) atoms. The summed E-state index contributed by atoms with van der Waals surface area (Å²) in [5.74, 6) is -3.55. The molecule has 2 rings (SSSR count). The molecule has 0 spiro atoms. The lowest BCUT2D eigenvalue weighted by molar-refractivity contribution is -0.114. The van der Waals surface area contributed by atoms with Gasteiger partial charge in [0.25, 0.3) is 5.92 Å². The first-order valence-electron chi connectivity index (χ1n) is 7.75. The van der Waals surface area contributed by atoms with Crippen LogP contribution in [-0.4, -0.2) is 13.0 Å². The van der Waals surface area contributed by atoms with Crippen LogP contribution in [0.4, 0.5) is 18.9 Å². The van der Waals surface area contributed by atoms with Gasteiger partial charge in [0, 0.05) is 18.2 Å². The third kappa shape index (κ3) is 4.54. The number of alkyl halides is 3. The smallest absolute Gasteiger partial charge is 0.277 e. The van der Waals surface area contributed by atoms with Gasteiger partial charge < -0.3 is 10.1 Å². The van der Waals surface area contributed by atoms with E-state index in [1.807, 2.05) is 0 Å². The van der Waals surface area contributed by atoms with Gasteiger partial charge in [-0.1, -0.05) is 12.1 Å². The highest BCUT2D eigenvalue weighted by molar-refractivity contribution is 5.88. The Morgan fingerprint density at radius 2 is 1.92 bits per heavy atom. The second-order valence-electron chi connectivity index (χ2n) is 5.70. The Hall–Kier alpha value is -3.01. The standard InChI is InChI=1S/C19H17F3N2O2/c1-12(25)24-15-6-3-14(11-23)17(9-15)19(21,22)10-18(20)13-4-7-16(26-2)8-5-13/h3-9,18H,10H2,1-2H3,(H,24,25). The van der Waals surface area contributed by atoms with Crippen LogP contribution in [-0.2, 0) is 10.7 Å². The Labute approximate surface area is 149 Å². The number of ether oxygens (including phenoxy) is 1. The molecule has 0 bridgehead atoms. The van der Waals surface area contributed by atoms with Crippen molar-refractivity contribution in [2.75, 3.05) is 12.4 Å². The predicted octanol–water partition coefficient (Wildman–Crippen LogP) is 4.72. The SMILES string of the molecule is COc1ccc(C(F)CC(F)(F)c2cc(NC(C)=O)ccc2C#N)cc1. The van der Waals surface area contributed by atoms with Crippen LogP contribution < -0.4 is 10.1 Å². The Kier molecular flexibility index (Phi) is 5.88. The van der Waals surface area contributed by atoms with Gasteiger partial charge in [0.1, 0.15) is 11.9 Å². The van der Waals surface area contributed by atoms with E-state index in [0.717, 1.165) is 6.07 Å². The van der Waals surface area contributed by atoms with Crippen LogP contribution in [0, 0.1) is 11.3 Å². The molecule has 1 N–H and O–H groups in total. The van der Waals surface area contributed by atoms with Crippen molar-refractivity contribution in [2.45, 2.75) is 25.4 Å². The zero-order valence-electron chi connectivity index (χ0n) is 14.2. The van der Waals surface area contributed by atoms with Crippen LogP contribution in [0.25, 0.3) is 0 Å². The van der Waals surface area contributed by atoms with E-state index in [-0.39, 0.29) is 16.8 Å². The topological polar surface area (TPSA) is 62.1 Å². The maximum absolute atomic E-state index is 14.7. The molecule has 1 amide bonds. The first-order valence-corrected chi connectivity index (χ1v) is 7.75. The fraction of sp³-hybridized carbons (Fsp3) is 0.263. The third-order valence-corrected chi connectivity index (χ3v) is 3.77.